The quantitative estimate of drug-likeness (QED) is 0.800. The van der Waals surface area contributed by atoms with Gasteiger partial charge in [-0.05, 0) is 37.1 Å². The first-order valence-corrected chi connectivity index (χ1v) is 7.73. The standard InChI is InChI=1S/C16H17N3OS/c1-4-11-6-5-7-12(8-11)17-15(20)14-9-13-10(2)18-19(3)16(13)21-14/h5-9H,4H2,1-3H3,(H,17,20). The number of rotatable bonds is 3. The molecule has 0 atom stereocenters. The average molecular weight is 299 g/mol. The van der Waals surface area contributed by atoms with Crippen molar-refractivity contribution < 1.29 is 4.79 Å². The van der Waals surface area contributed by atoms with E-state index in [0.717, 1.165) is 28.0 Å². The predicted octanol–water partition coefficient (Wildman–Crippen LogP) is 3.76. The van der Waals surface area contributed by atoms with Crippen LogP contribution in [-0.4, -0.2) is 15.7 Å². The molecular weight excluding hydrogens is 282 g/mol. The minimum atomic E-state index is -0.0659. The van der Waals surface area contributed by atoms with Gasteiger partial charge in [-0.1, -0.05) is 19.1 Å². The molecule has 0 aliphatic heterocycles. The van der Waals surface area contributed by atoms with Gasteiger partial charge < -0.3 is 5.32 Å². The highest BCUT2D eigenvalue weighted by Gasteiger charge is 2.15. The molecule has 21 heavy (non-hydrogen) atoms. The molecule has 2 heterocycles. The molecule has 0 bridgehead atoms. The number of carbonyl (C=O) groups is 1. The second kappa shape index (κ2) is 5.33. The summed E-state index contributed by atoms with van der Waals surface area (Å²) in [6.45, 7) is 4.06. The minimum absolute atomic E-state index is 0.0659. The van der Waals surface area contributed by atoms with Crippen molar-refractivity contribution in [1.29, 1.82) is 0 Å². The third-order valence-electron chi connectivity index (χ3n) is 3.51. The van der Waals surface area contributed by atoms with E-state index < -0.39 is 0 Å². The Morgan fingerprint density at radius 3 is 2.90 bits per heavy atom. The number of hydrogen-bond donors (Lipinski definition) is 1. The minimum Gasteiger partial charge on any atom is -0.321 e. The summed E-state index contributed by atoms with van der Waals surface area (Å²) in [7, 11) is 1.90. The fraction of sp³-hybridized carbons (Fsp3) is 0.250. The Kier molecular flexibility index (Phi) is 3.51. The molecular formula is C16H17N3OS. The number of thiophene rings is 1. The maximum Gasteiger partial charge on any atom is 0.265 e. The van der Waals surface area contributed by atoms with E-state index in [-0.39, 0.29) is 5.91 Å². The molecule has 1 N–H and O–H groups in total. The van der Waals surface area contributed by atoms with E-state index in [1.165, 1.54) is 16.9 Å². The largest absolute Gasteiger partial charge is 0.321 e. The average Bonchev–Trinajstić information content (AvgIpc) is 3.02. The van der Waals surface area contributed by atoms with E-state index in [1.807, 2.05) is 42.9 Å². The Morgan fingerprint density at radius 2 is 2.19 bits per heavy atom. The number of anilines is 1. The van der Waals surface area contributed by atoms with E-state index in [2.05, 4.69) is 23.4 Å². The molecule has 4 nitrogen and oxygen atoms in total. The summed E-state index contributed by atoms with van der Waals surface area (Å²) < 4.78 is 1.82. The summed E-state index contributed by atoms with van der Waals surface area (Å²) in [5.74, 6) is -0.0659. The van der Waals surface area contributed by atoms with Gasteiger partial charge in [0.25, 0.3) is 5.91 Å². The van der Waals surface area contributed by atoms with Crippen LogP contribution in [0.25, 0.3) is 10.2 Å². The molecule has 5 heteroatoms. The number of hydrogen-bond acceptors (Lipinski definition) is 3. The van der Waals surface area contributed by atoms with Crippen LogP contribution in [-0.2, 0) is 13.5 Å². The van der Waals surface area contributed by atoms with Gasteiger partial charge in [0, 0.05) is 18.1 Å². The Balaban J connectivity index is 1.88. The third-order valence-corrected chi connectivity index (χ3v) is 4.71. The van der Waals surface area contributed by atoms with E-state index in [4.69, 9.17) is 0 Å². The normalized spacial score (nSPS) is 11.0. The zero-order valence-corrected chi connectivity index (χ0v) is 13.1. The molecule has 1 amide bonds. The third kappa shape index (κ3) is 2.56. The summed E-state index contributed by atoms with van der Waals surface area (Å²) in [5.41, 5.74) is 3.01. The number of aryl methyl sites for hydroxylation is 3. The van der Waals surface area contributed by atoms with Gasteiger partial charge >= 0.3 is 0 Å². The molecule has 3 aromatic rings. The highest BCUT2D eigenvalue weighted by Crippen LogP contribution is 2.28. The van der Waals surface area contributed by atoms with Gasteiger partial charge in [-0.2, -0.15) is 5.10 Å². The van der Waals surface area contributed by atoms with Crippen LogP contribution in [0.1, 0.15) is 27.9 Å². The van der Waals surface area contributed by atoms with Gasteiger partial charge in [0.1, 0.15) is 4.83 Å². The SMILES string of the molecule is CCc1cccc(NC(=O)c2cc3c(C)nn(C)c3s2)c1. The molecule has 1 aromatic carbocycles. The number of nitrogens with zero attached hydrogens (tertiary/aromatic N) is 2. The van der Waals surface area contributed by atoms with Crippen molar-refractivity contribution in [3.63, 3.8) is 0 Å². The number of nitrogens with one attached hydrogen (secondary N) is 1. The first kappa shape index (κ1) is 13.8. The van der Waals surface area contributed by atoms with Gasteiger partial charge in [-0.25, -0.2) is 0 Å². The van der Waals surface area contributed by atoms with Crippen LogP contribution in [0.4, 0.5) is 5.69 Å². The molecule has 0 spiro atoms. The highest BCUT2D eigenvalue weighted by molar-refractivity contribution is 7.20. The van der Waals surface area contributed by atoms with Gasteiger partial charge in [0.15, 0.2) is 0 Å². The summed E-state index contributed by atoms with van der Waals surface area (Å²) in [4.78, 5) is 14.1. The second-order valence-corrected chi connectivity index (χ2v) is 6.08. The van der Waals surface area contributed by atoms with Crippen LogP contribution in [0, 0.1) is 6.92 Å². The number of benzene rings is 1. The first-order valence-electron chi connectivity index (χ1n) is 6.92. The molecule has 2 aromatic heterocycles. The highest BCUT2D eigenvalue weighted by atomic mass is 32.1. The maximum absolute atomic E-state index is 12.4. The summed E-state index contributed by atoms with van der Waals surface area (Å²) in [5, 5.41) is 8.37. The van der Waals surface area contributed by atoms with Crippen molar-refractivity contribution >= 4 is 33.1 Å². The van der Waals surface area contributed by atoms with Crippen LogP contribution < -0.4 is 5.32 Å². The van der Waals surface area contributed by atoms with Crippen molar-refractivity contribution in [3.05, 3.63) is 46.5 Å². The van der Waals surface area contributed by atoms with Crippen molar-refractivity contribution in [2.24, 2.45) is 7.05 Å². The lowest BCUT2D eigenvalue weighted by atomic mass is 10.1. The molecule has 3 rings (SSSR count). The fourth-order valence-electron chi connectivity index (χ4n) is 2.38. The van der Waals surface area contributed by atoms with Crippen LogP contribution in [0.15, 0.2) is 30.3 Å². The first-order chi connectivity index (χ1) is 10.1. The van der Waals surface area contributed by atoms with Gasteiger partial charge in [-0.15, -0.1) is 11.3 Å². The van der Waals surface area contributed by atoms with Crippen LogP contribution in [0.5, 0.6) is 0 Å². The Bertz CT molecular complexity index is 782. The Labute approximate surface area is 127 Å². The van der Waals surface area contributed by atoms with Crippen LogP contribution in [0.3, 0.4) is 0 Å². The molecule has 0 saturated carbocycles. The monoisotopic (exact) mass is 299 g/mol. The molecule has 0 aliphatic rings. The van der Waals surface area contributed by atoms with Gasteiger partial charge in [-0.3, -0.25) is 9.48 Å². The number of fused-ring (bicyclic) bond motifs is 1. The van der Waals surface area contributed by atoms with E-state index in [1.54, 1.807) is 0 Å². The van der Waals surface area contributed by atoms with Crippen molar-refractivity contribution in [3.8, 4) is 0 Å². The van der Waals surface area contributed by atoms with Crippen LogP contribution >= 0.6 is 11.3 Å². The smallest absolute Gasteiger partial charge is 0.265 e. The van der Waals surface area contributed by atoms with Gasteiger partial charge in [0.05, 0.1) is 10.6 Å². The zero-order valence-electron chi connectivity index (χ0n) is 12.3. The summed E-state index contributed by atoms with van der Waals surface area (Å²) in [6.07, 6.45) is 0.956. The van der Waals surface area contributed by atoms with E-state index in [0.29, 0.717) is 4.88 Å². The molecule has 0 unspecified atom stereocenters. The maximum atomic E-state index is 12.4. The number of amides is 1. The van der Waals surface area contributed by atoms with Crippen molar-refractivity contribution in [1.82, 2.24) is 9.78 Å². The molecule has 0 fully saturated rings. The predicted molar refractivity (Wildman–Crippen MR) is 87.1 cm³/mol. The topological polar surface area (TPSA) is 46.9 Å². The Hall–Kier alpha value is -2.14. The summed E-state index contributed by atoms with van der Waals surface area (Å²) >= 11 is 1.47. The summed E-state index contributed by atoms with van der Waals surface area (Å²) in [6, 6.07) is 9.87. The molecule has 0 aliphatic carbocycles. The number of aromatic nitrogens is 2. The lowest BCUT2D eigenvalue weighted by Gasteiger charge is -2.05. The van der Waals surface area contributed by atoms with E-state index in [9.17, 15) is 4.79 Å². The van der Waals surface area contributed by atoms with Crippen molar-refractivity contribution in [2.45, 2.75) is 20.3 Å². The molecule has 0 saturated heterocycles. The fourth-order valence-corrected chi connectivity index (χ4v) is 3.40. The van der Waals surface area contributed by atoms with Gasteiger partial charge in [0.2, 0.25) is 0 Å². The van der Waals surface area contributed by atoms with Crippen molar-refractivity contribution in [2.75, 3.05) is 5.32 Å². The lowest BCUT2D eigenvalue weighted by molar-refractivity contribution is 0.103. The Morgan fingerprint density at radius 1 is 1.38 bits per heavy atom. The lowest BCUT2D eigenvalue weighted by Crippen LogP contribution is -2.10. The zero-order chi connectivity index (χ0) is 15.0. The van der Waals surface area contributed by atoms with Crippen LogP contribution in [0.2, 0.25) is 0 Å². The molecule has 108 valence electrons. The number of carbonyl (C=O) groups excluding carboxylic acids is 1. The second-order valence-electron chi connectivity index (χ2n) is 5.05. The van der Waals surface area contributed by atoms with E-state index >= 15 is 0 Å². The molecule has 0 radical (unpaired) electrons.